The van der Waals surface area contributed by atoms with Gasteiger partial charge in [-0.15, -0.1) is 12.4 Å². The molecular weight excluding hydrogens is 326 g/mol. The van der Waals surface area contributed by atoms with Gasteiger partial charge in [-0.1, -0.05) is 12.8 Å². The van der Waals surface area contributed by atoms with E-state index in [-0.39, 0.29) is 42.2 Å². The maximum atomic E-state index is 12.2. The molecule has 4 atom stereocenters. The van der Waals surface area contributed by atoms with E-state index in [2.05, 4.69) is 10.0 Å². The third kappa shape index (κ3) is 6.02. The Hall–Kier alpha value is -0.370. The third-order valence-corrected chi connectivity index (χ3v) is 5.38. The zero-order valence-corrected chi connectivity index (χ0v) is 14.7. The molecule has 0 aromatic heterocycles. The predicted octanol–water partition coefficient (Wildman–Crippen LogP) is 0.760. The fourth-order valence-electron chi connectivity index (χ4n) is 3.55. The van der Waals surface area contributed by atoms with Crippen LogP contribution in [0.1, 0.15) is 44.9 Å². The molecule has 2 fully saturated rings. The smallest absolute Gasteiger partial charge is 0.223 e. The number of amides is 1. The van der Waals surface area contributed by atoms with Crippen LogP contribution in [0.4, 0.5) is 0 Å². The summed E-state index contributed by atoms with van der Waals surface area (Å²) < 4.78 is 25.4. The molecule has 0 bridgehead atoms. The van der Waals surface area contributed by atoms with Crippen molar-refractivity contribution in [2.75, 3.05) is 12.8 Å². The van der Waals surface area contributed by atoms with Crippen LogP contribution in [0.2, 0.25) is 0 Å². The first-order valence-corrected chi connectivity index (χ1v) is 9.75. The van der Waals surface area contributed by atoms with Crippen LogP contribution < -0.4 is 15.8 Å². The highest BCUT2D eigenvalue weighted by Gasteiger charge is 2.31. The lowest BCUT2D eigenvalue weighted by atomic mass is 9.85. The minimum atomic E-state index is -3.19. The highest BCUT2D eigenvalue weighted by atomic mass is 35.5. The van der Waals surface area contributed by atoms with E-state index < -0.39 is 10.0 Å². The Morgan fingerprint density at radius 1 is 1.18 bits per heavy atom. The number of hydrogen-bond acceptors (Lipinski definition) is 4. The van der Waals surface area contributed by atoms with Crippen LogP contribution in [0, 0.1) is 11.8 Å². The second-order valence-electron chi connectivity index (χ2n) is 6.56. The molecule has 4 N–H and O–H groups in total. The van der Waals surface area contributed by atoms with Crippen molar-refractivity contribution in [2.24, 2.45) is 17.6 Å². The van der Waals surface area contributed by atoms with Crippen molar-refractivity contribution in [1.82, 2.24) is 10.0 Å². The van der Waals surface area contributed by atoms with E-state index in [0.29, 0.717) is 6.54 Å². The van der Waals surface area contributed by atoms with Crippen LogP contribution >= 0.6 is 12.4 Å². The monoisotopic (exact) mass is 353 g/mol. The Bertz CT molecular complexity index is 472. The molecule has 4 unspecified atom stereocenters. The third-order valence-electron chi connectivity index (χ3n) is 4.65. The van der Waals surface area contributed by atoms with Gasteiger partial charge in [0, 0.05) is 24.5 Å². The quantitative estimate of drug-likeness (QED) is 0.679. The standard InChI is InChI=1S/C14H27N3O3S.ClH/c1-21(19,20)17-13-7-3-5-11(13)9-16-14(18)10-4-2-6-12(15)8-10;/h10-13,17H,2-9,15H2,1H3,(H,16,18);1H. The lowest BCUT2D eigenvalue weighted by Crippen LogP contribution is -2.44. The molecule has 1 amide bonds. The summed E-state index contributed by atoms with van der Waals surface area (Å²) in [4.78, 5) is 12.2. The van der Waals surface area contributed by atoms with Gasteiger partial charge in [-0.25, -0.2) is 13.1 Å². The van der Waals surface area contributed by atoms with Crippen LogP contribution in [-0.4, -0.2) is 39.2 Å². The molecule has 0 saturated heterocycles. The van der Waals surface area contributed by atoms with E-state index >= 15 is 0 Å². The topological polar surface area (TPSA) is 101 Å². The van der Waals surface area contributed by atoms with Gasteiger partial charge >= 0.3 is 0 Å². The highest BCUT2D eigenvalue weighted by Crippen LogP contribution is 2.26. The normalized spacial score (nSPS) is 32.3. The summed E-state index contributed by atoms with van der Waals surface area (Å²) >= 11 is 0. The second kappa shape index (κ2) is 8.47. The molecule has 22 heavy (non-hydrogen) atoms. The molecule has 130 valence electrons. The molecule has 0 aliphatic heterocycles. The van der Waals surface area contributed by atoms with E-state index in [1.165, 1.54) is 6.26 Å². The fraction of sp³-hybridized carbons (Fsp3) is 0.929. The fourth-order valence-corrected chi connectivity index (χ4v) is 4.41. The summed E-state index contributed by atoms with van der Waals surface area (Å²) in [6.45, 7) is 0.553. The van der Waals surface area contributed by atoms with Gasteiger partial charge in [-0.05, 0) is 38.0 Å². The molecule has 0 aromatic carbocycles. The first-order chi connectivity index (χ1) is 9.85. The van der Waals surface area contributed by atoms with Crippen LogP contribution in [0.3, 0.4) is 0 Å². The predicted molar refractivity (Wildman–Crippen MR) is 89.3 cm³/mol. The first-order valence-electron chi connectivity index (χ1n) is 7.86. The van der Waals surface area contributed by atoms with Crippen molar-refractivity contribution in [1.29, 1.82) is 0 Å². The van der Waals surface area contributed by atoms with Crippen molar-refractivity contribution >= 4 is 28.3 Å². The SMILES string of the molecule is CS(=O)(=O)NC1CCCC1CNC(=O)C1CCCC(N)C1.Cl. The Balaban J connectivity index is 0.00000242. The zero-order valence-electron chi connectivity index (χ0n) is 13.1. The van der Waals surface area contributed by atoms with E-state index in [4.69, 9.17) is 5.73 Å². The van der Waals surface area contributed by atoms with Crippen LogP contribution in [0.15, 0.2) is 0 Å². The Kier molecular flexibility index (Phi) is 7.58. The van der Waals surface area contributed by atoms with E-state index in [1.54, 1.807) is 0 Å². The van der Waals surface area contributed by atoms with Crippen molar-refractivity contribution < 1.29 is 13.2 Å². The van der Waals surface area contributed by atoms with Gasteiger partial charge in [0.15, 0.2) is 0 Å². The van der Waals surface area contributed by atoms with Gasteiger partial charge in [0.1, 0.15) is 0 Å². The number of hydrogen-bond donors (Lipinski definition) is 3. The minimum Gasteiger partial charge on any atom is -0.356 e. The van der Waals surface area contributed by atoms with E-state index in [9.17, 15) is 13.2 Å². The molecule has 0 aromatic rings. The van der Waals surface area contributed by atoms with Gasteiger partial charge in [0.05, 0.1) is 6.26 Å². The molecule has 2 aliphatic carbocycles. The van der Waals surface area contributed by atoms with E-state index in [0.717, 1.165) is 44.9 Å². The van der Waals surface area contributed by atoms with Crippen molar-refractivity contribution in [2.45, 2.75) is 57.0 Å². The molecule has 0 radical (unpaired) electrons. The number of nitrogens with one attached hydrogen (secondary N) is 2. The largest absolute Gasteiger partial charge is 0.356 e. The van der Waals surface area contributed by atoms with Crippen LogP contribution in [0.5, 0.6) is 0 Å². The van der Waals surface area contributed by atoms with Gasteiger partial charge in [-0.3, -0.25) is 4.79 Å². The average Bonchev–Trinajstić information content (AvgIpc) is 2.81. The number of sulfonamides is 1. The van der Waals surface area contributed by atoms with Crippen molar-refractivity contribution in [3.8, 4) is 0 Å². The minimum absolute atomic E-state index is 0. The summed E-state index contributed by atoms with van der Waals surface area (Å²) in [6, 6.07) is 0.0922. The van der Waals surface area contributed by atoms with Crippen molar-refractivity contribution in [3.63, 3.8) is 0 Å². The second-order valence-corrected chi connectivity index (χ2v) is 8.34. The Morgan fingerprint density at radius 3 is 2.50 bits per heavy atom. The van der Waals surface area contributed by atoms with Gasteiger partial charge in [-0.2, -0.15) is 0 Å². The van der Waals surface area contributed by atoms with Gasteiger partial charge in [0.2, 0.25) is 15.9 Å². The summed E-state index contributed by atoms with van der Waals surface area (Å²) in [6.07, 6.45) is 7.69. The number of rotatable bonds is 5. The molecule has 0 heterocycles. The number of halogens is 1. The summed E-state index contributed by atoms with van der Waals surface area (Å²) in [5.41, 5.74) is 5.92. The molecule has 6 nitrogen and oxygen atoms in total. The summed E-state index contributed by atoms with van der Waals surface area (Å²) in [5.74, 6) is 0.299. The number of carbonyl (C=O) groups excluding carboxylic acids is 1. The van der Waals surface area contributed by atoms with Crippen molar-refractivity contribution in [3.05, 3.63) is 0 Å². The molecular formula is C14H28ClN3O3S. The molecule has 0 spiro atoms. The molecule has 2 saturated carbocycles. The van der Waals surface area contributed by atoms with Gasteiger partial charge in [0.25, 0.3) is 0 Å². The Labute approximate surface area is 139 Å². The van der Waals surface area contributed by atoms with E-state index in [1.807, 2.05) is 0 Å². The van der Waals surface area contributed by atoms with Crippen LogP contribution in [-0.2, 0) is 14.8 Å². The van der Waals surface area contributed by atoms with Crippen LogP contribution in [0.25, 0.3) is 0 Å². The number of carbonyl (C=O) groups is 1. The molecule has 2 rings (SSSR count). The number of nitrogens with two attached hydrogens (primary N) is 1. The summed E-state index contributed by atoms with van der Waals surface area (Å²) in [5, 5.41) is 3.00. The lowest BCUT2D eigenvalue weighted by Gasteiger charge is -2.27. The zero-order chi connectivity index (χ0) is 15.5. The summed E-state index contributed by atoms with van der Waals surface area (Å²) in [7, 11) is -3.19. The van der Waals surface area contributed by atoms with Gasteiger partial charge < -0.3 is 11.1 Å². The highest BCUT2D eigenvalue weighted by molar-refractivity contribution is 7.88. The Morgan fingerprint density at radius 2 is 1.86 bits per heavy atom. The average molecular weight is 354 g/mol. The first kappa shape index (κ1) is 19.7. The lowest BCUT2D eigenvalue weighted by molar-refractivity contribution is -0.126. The molecule has 8 heteroatoms. The maximum absolute atomic E-state index is 12.2. The molecule has 2 aliphatic rings. The maximum Gasteiger partial charge on any atom is 0.223 e.